The van der Waals surface area contributed by atoms with Crippen LogP contribution < -0.4 is 14.8 Å². The molecular weight excluding hydrogens is 506 g/mol. The molecule has 0 unspecified atom stereocenters. The van der Waals surface area contributed by atoms with E-state index in [1.807, 2.05) is 32.9 Å². The first kappa shape index (κ1) is 27.6. The van der Waals surface area contributed by atoms with Gasteiger partial charge in [0.15, 0.2) is 5.78 Å². The normalized spacial score (nSPS) is 19.8. The topological polar surface area (TPSA) is 99.6 Å². The first-order valence-electron chi connectivity index (χ1n) is 14.0. The van der Waals surface area contributed by atoms with E-state index in [1.54, 1.807) is 12.1 Å². The molecule has 1 N–H and O–H groups in total. The van der Waals surface area contributed by atoms with E-state index in [0.717, 1.165) is 31.4 Å². The molecule has 2 saturated carbocycles. The molecular formula is C32H37N3O5. The number of hydrogen-bond acceptors (Lipinski definition) is 7. The van der Waals surface area contributed by atoms with E-state index in [4.69, 9.17) is 14.2 Å². The quantitative estimate of drug-likeness (QED) is 0.313. The molecule has 8 nitrogen and oxygen atoms in total. The van der Waals surface area contributed by atoms with Gasteiger partial charge in [-0.25, -0.2) is 4.79 Å². The summed E-state index contributed by atoms with van der Waals surface area (Å²) in [6.07, 6.45) is 5.79. The van der Waals surface area contributed by atoms with Crippen molar-refractivity contribution in [1.82, 2.24) is 15.5 Å². The van der Waals surface area contributed by atoms with E-state index in [1.165, 1.54) is 30.9 Å². The van der Waals surface area contributed by atoms with Gasteiger partial charge in [0, 0.05) is 37.3 Å². The standard InChI is InChI=1S/C32H37N3O5/c1-21(36)28-15-16-29(35-34-28)39-26-13-9-23(10-14-26)32(17-5-6-18-32)22-7-11-25(12-8-22)38-27-19-24(20-27)33-30(37)40-31(2,3)4/h7-16,24,27H,5-6,17-20H2,1-4H3,(H,33,37). The number of nitrogens with one attached hydrogen (secondary N) is 1. The summed E-state index contributed by atoms with van der Waals surface area (Å²) < 4.78 is 17.4. The second-order valence-electron chi connectivity index (χ2n) is 11.8. The van der Waals surface area contributed by atoms with Crippen molar-refractivity contribution in [3.05, 3.63) is 77.5 Å². The van der Waals surface area contributed by atoms with Crippen LogP contribution in [0, 0.1) is 0 Å². The minimum absolute atomic E-state index is 0.0428. The third kappa shape index (κ3) is 6.43. The highest BCUT2D eigenvalue weighted by Gasteiger charge is 2.38. The second kappa shape index (κ2) is 11.3. The number of nitrogens with zero attached hydrogens (tertiary/aromatic N) is 2. The molecule has 1 heterocycles. The van der Waals surface area contributed by atoms with E-state index in [-0.39, 0.29) is 29.4 Å². The monoisotopic (exact) mass is 543 g/mol. The predicted octanol–water partition coefficient (Wildman–Crippen LogP) is 6.77. The number of ketones is 1. The molecule has 0 aliphatic heterocycles. The highest BCUT2D eigenvalue weighted by molar-refractivity contribution is 5.91. The maximum Gasteiger partial charge on any atom is 0.407 e. The Labute approximate surface area is 235 Å². The number of aromatic nitrogens is 2. The van der Waals surface area contributed by atoms with Gasteiger partial charge >= 0.3 is 6.09 Å². The lowest BCUT2D eigenvalue weighted by molar-refractivity contribution is 0.0362. The van der Waals surface area contributed by atoms with Gasteiger partial charge in [0.05, 0.1) is 0 Å². The minimum atomic E-state index is -0.502. The summed E-state index contributed by atoms with van der Waals surface area (Å²) in [4.78, 5) is 23.4. The van der Waals surface area contributed by atoms with Gasteiger partial charge in [-0.15, -0.1) is 10.2 Å². The molecule has 2 fully saturated rings. The molecule has 0 saturated heterocycles. The summed E-state index contributed by atoms with van der Waals surface area (Å²) in [7, 11) is 0. The molecule has 40 heavy (non-hydrogen) atoms. The van der Waals surface area contributed by atoms with Crippen molar-refractivity contribution in [2.45, 2.75) is 89.4 Å². The third-order valence-corrected chi connectivity index (χ3v) is 7.61. The average Bonchev–Trinajstić information content (AvgIpc) is 3.39. The zero-order valence-corrected chi connectivity index (χ0v) is 23.6. The van der Waals surface area contributed by atoms with Crippen LogP contribution in [-0.2, 0) is 10.2 Å². The molecule has 8 heteroatoms. The Bertz CT molecular complexity index is 1320. The largest absolute Gasteiger partial charge is 0.490 e. The van der Waals surface area contributed by atoms with Crippen molar-refractivity contribution >= 4 is 11.9 Å². The summed E-state index contributed by atoms with van der Waals surface area (Å²) in [5, 5.41) is 10.8. The number of alkyl carbamates (subject to hydrolysis) is 1. The molecule has 2 aliphatic carbocycles. The molecule has 2 aromatic carbocycles. The number of carbonyl (C=O) groups is 2. The number of carbonyl (C=O) groups excluding carboxylic acids is 2. The van der Waals surface area contributed by atoms with Crippen molar-refractivity contribution in [1.29, 1.82) is 0 Å². The number of amides is 1. The van der Waals surface area contributed by atoms with Crippen LogP contribution in [0.3, 0.4) is 0 Å². The van der Waals surface area contributed by atoms with Crippen molar-refractivity contribution in [3.8, 4) is 17.4 Å². The van der Waals surface area contributed by atoms with Crippen LogP contribution >= 0.6 is 0 Å². The first-order chi connectivity index (χ1) is 19.1. The Kier molecular flexibility index (Phi) is 7.79. The maximum atomic E-state index is 12.0. The van der Waals surface area contributed by atoms with Gasteiger partial charge in [-0.1, -0.05) is 37.1 Å². The van der Waals surface area contributed by atoms with Crippen LogP contribution in [-0.4, -0.2) is 39.8 Å². The number of hydrogen-bond donors (Lipinski definition) is 1. The van der Waals surface area contributed by atoms with Gasteiger partial charge < -0.3 is 19.5 Å². The molecule has 210 valence electrons. The number of benzene rings is 2. The molecule has 5 rings (SSSR count). The zero-order valence-electron chi connectivity index (χ0n) is 23.6. The van der Waals surface area contributed by atoms with Crippen molar-refractivity contribution in [2.24, 2.45) is 0 Å². The van der Waals surface area contributed by atoms with E-state index >= 15 is 0 Å². The molecule has 0 spiro atoms. The number of rotatable bonds is 8. The minimum Gasteiger partial charge on any atom is -0.490 e. The predicted molar refractivity (Wildman–Crippen MR) is 151 cm³/mol. The lowest BCUT2D eigenvalue weighted by Gasteiger charge is -2.36. The van der Waals surface area contributed by atoms with E-state index in [0.29, 0.717) is 17.3 Å². The Balaban J connectivity index is 1.19. The summed E-state index contributed by atoms with van der Waals surface area (Å²) >= 11 is 0. The Morgan fingerprint density at radius 2 is 1.45 bits per heavy atom. The lowest BCUT2D eigenvalue weighted by atomic mass is 9.73. The van der Waals surface area contributed by atoms with Gasteiger partial charge in [0.1, 0.15) is 28.9 Å². The summed E-state index contributed by atoms with van der Waals surface area (Å²) in [5.41, 5.74) is 2.32. The molecule has 1 amide bonds. The van der Waals surface area contributed by atoms with Gasteiger partial charge in [-0.05, 0) is 75.1 Å². The Hall–Kier alpha value is -3.94. The van der Waals surface area contributed by atoms with Crippen molar-refractivity contribution in [3.63, 3.8) is 0 Å². The summed E-state index contributed by atoms with van der Waals surface area (Å²) in [6.45, 7) is 7.03. The van der Waals surface area contributed by atoms with Crippen LogP contribution in [0.25, 0.3) is 0 Å². The number of Topliss-reactive ketones (excluding diaryl/α,β-unsaturated/α-hetero) is 1. The molecule has 1 aromatic heterocycles. The van der Waals surface area contributed by atoms with Crippen LogP contribution in [0.1, 0.15) is 87.8 Å². The fraction of sp³-hybridized carbons (Fsp3) is 0.438. The molecule has 0 radical (unpaired) electrons. The molecule has 0 atom stereocenters. The van der Waals surface area contributed by atoms with E-state index in [2.05, 4.69) is 51.9 Å². The maximum absolute atomic E-state index is 12.0. The van der Waals surface area contributed by atoms with Gasteiger partial charge in [-0.2, -0.15) is 0 Å². The Morgan fingerprint density at radius 3 is 1.98 bits per heavy atom. The molecule has 3 aromatic rings. The Morgan fingerprint density at radius 1 is 0.850 bits per heavy atom. The van der Waals surface area contributed by atoms with Crippen molar-refractivity contribution < 1.29 is 23.8 Å². The van der Waals surface area contributed by atoms with Crippen LogP contribution in [0.4, 0.5) is 4.79 Å². The lowest BCUT2D eigenvalue weighted by Crippen LogP contribution is -2.50. The molecule has 2 aliphatic rings. The smallest absolute Gasteiger partial charge is 0.407 e. The van der Waals surface area contributed by atoms with E-state index in [9.17, 15) is 9.59 Å². The summed E-state index contributed by atoms with van der Waals surface area (Å²) in [5.74, 6) is 1.74. The SMILES string of the molecule is CC(=O)c1ccc(Oc2ccc(C3(c4ccc(OC5CC(NC(=O)OC(C)(C)C)C5)cc4)CCCC3)cc2)nn1. The highest BCUT2D eigenvalue weighted by Crippen LogP contribution is 2.47. The zero-order chi connectivity index (χ0) is 28.3. The van der Waals surface area contributed by atoms with Crippen LogP contribution in [0.2, 0.25) is 0 Å². The second-order valence-corrected chi connectivity index (χ2v) is 11.8. The average molecular weight is 544 g/mol. The van der Waals surface area contributed by atoms with Gasteiger partial charge in [0.2, 0.25) is 5.88 Å². The fourth-order valence-electron chi connectivity index (χ4n) is 5.55. The van der Waals surface area contributed by atoms with Crippen LogP contribution in [0.5, 0.6) is 17.4 Å². The first-order valence-corrected chi connectivity index (χ1v) is 14.0. The fourth-order valence-corrected chi connectivity index (χ4v) is 5.55. The third-order valence-electron chi connectivity index (χ3n) is 7.61. The highest BCUT2D eigenvalue weighted by atomic mass is 16.6. The van der Waals surface area contributed by atoms with Crippen LogP contribution in [0.15, 0.2) is 60.7 Å². The summed E-state index contributed by atoms with van der Waals surface area (Å²) in [6, 6.07) is 20.0. The van der Waals surface area contributed by atoms with E-state index < -0.39 is 5.60 Å². The number of ether oxygens (including phenoxy) is 3. The molecule has 0 bridgehead atoms. The van der Waals surface area contributed by atoms with Crippen molar-refractivity contribution in [2.75, 3.05) is 0 Å². The van der Waals surface area contributed by atoms with Gasteiger partial charge in [-0.3, -0.25) is 4.79 Å². The van der Waals surface area contributed by atoms with Gasteiger partial charge in [0.25, 0.3) is 0 Å².